The SMILES string of the molecule is Cc1ccnc(NC(=O)Nc2ccncc2)c1. The third kappa shape index (κ3) is 3.27. The molecule has 0 spiro atoms. The second kappa shape index (κ2) is 5.07. The number of carbonyl (C=O) groups excluding carboxylic acids is 1. The van der Waals surface area contributed by atoms with Crippen LogP contribution in [0, 0.1) is 6.92 Å². The molecule has 0 aromatic carbocycles. The number of hydrogen-bond donors (Lipinski definition) is 2. The highest BCUT2D eigenvalue weighted by Gasteiger charge is 2.02. The van der Waals surface area contributed by atoms with Crippen molar-refractivity contribution in [2.24, 2.45) is 0 Å². The average Bonchev–Trinajstić information content (AvgIpc) is 2.30. The average molecular weight is 228 g/mol. The van der Waals surface area contributed by atoms with Gasteiger partial charge in [0.1, 0.15) is 5.82 Å². The van der Waals surface area contributed by atoms with Crippen molar-refractivity contribution in [3.05, 3.63) is 48.4 Å². The van der Waals surface area contributed by atoms with Crippen LogP contribution in [-0.2, 0) is 0 Å². The van der Waals surface area contributed by atoms with E-state index < -0.39 is 0 Å². The number of anilines is 2. The molecule has 0 radical (unpaired) electrons. The Labute approximate surface area is 98.9 Å². The van der Waals surface area contributed by atoms with Gasteiger partial charge in [-0.3, -0.25) is 10.3 Å². The molecule has 2 N–H and O–H groups in total. The predicted octanol–water partition coefficient (Wildman–Crippen LogP) is 2.43. The van der Waals surface area contributed by atoms with Gasteiger partial charge in [0.15, 0.2) is 0 Å². The number of rotatable bonds is 2. The summed E-state index contributed by atoms with van der Waals surface area (Å²) in [5.74, 6) is 0.525. The number of amides is 2. The molecular formula is C12H12N4O. The van der Waals surface area contributed by atoms with Crippen molar-refractivity contribution in [2.45, 2.75) is 6.92 Å². The lowest BCUT2D eigenvalue weighted by atomic mass is 10.3. The van der Waals surface area contributed by atoms with Crippen LogP contribution in [0.1, 0.15) is 5.56 Å². The van der Waals surface area contributed by atoms with E-state index >= 15 is 0 Å². The first-order valence-corrected chi connectivity index (χ1v) is 5.15. The van der Waals surface area contributed by atoms with E-state index in [1.54, 1.807) is 36.8 Å². The predicted molar refractivity (Wildman–Crippen MR) is 65.9 cm³/mol. The Bertz CT molecular complexity index is 513. The van der Waals surface area contributed by atoms with Crippen LogP contribution >= 0.6 is 0 Å². The van der Waals surface area contributed by atoms with E-state index in [1.165, 1.54) is 0 Å². The van der Waals surface area contributed by atoms with E-state index in [-0.39, 0.29) is 6.03 Å². The van der Waals surface area contributed by atoms with Gasteiger partial charge < -0.3 is 5.32 Å². The van der Waals surface area contributed by atoms with Gasteiger partial charge in [-0.05, 0) is 36.8 Å². The maximum absolute atomic E-state index is 11.6. The van der Waals surface area contributed by atoms with Crippen LogP contribution < -0.4 is 10.6 Å². The third-order valence-corrected chi connectivity index (χ3v) is 2.10. The highest BCUT2D eigenvalue weighted by Crippen LogP contribution is 2.07. The molecule has 86 valence electrons. The number of nitrogens with zero attached hydrogens (tertiary/aromatic N) is 2. The number of carbonyl (C=O) groups is 1. The Kier molecular flexibility index (Phi) is 3.30. The minimum Gasteiger partial charge on any atom is -0.308 e. The van der Waals surface area contributed by atoms with Gasteiger partial charge >= 0.3 is 6.03 Å². The zero-order valence-corrected chi connectivity index (χ0v) is 9.34. The Hall–Kier alpha value is -2.43. The first-order valence-electron chi connectivity index (χ1n) is 5.15. The van der Waals surface area contributed by atoms with Crippen LogP contribution in [0.4, 0.5) is 16.3 Å². The molecule has 2 amide bonds. The quantitative estimate of drug-likeness (QED) is 0.829. The molecule has 0 aliphatic carbocycles. The molecule has 2 aromatic heterocycles. The van der Waals surface area contributed by atoms with Crippen LogP contribution in [-0.4, -0.2) is 16.0 Å². The van der Waals surface area contributed by atoms with Gasteiger partial charge in [-0.1, -0.05) is 0 Å². The molecule has 2 heterocycles. The molecule has 2 aromatic rings. The summed E-state index contributed by atoms with van der Waals surface area (Å²) in [7, 11) is 0. The molecule has 0 aliphatic heterocycles. The standard InChI is InChI=1S/C12H12N4O/c1-9-2-7-14-11(8-9)16-12(17)15-10-3-5-13-6-4-10/h2-8H,1H3,(H2,13,14,15,16,17). The molecule has 0 aliphatic rings. The minimum absolute atomic E-state index is 0.325. The number of hydrogen-bond acceptors (Lipinski definition) is 3. The molecule has 0 bridgehead atoms. The number of aryl methyl sites for hydroxylation is 1. The molecule has 0 atom stereocenters. The highest BCUT2D eigenvalue weighted by molar-refractivity contribution is 5.99. The summed E-state index contributed by atoms with van der Waals surface area (Å²) < 4.78 is 0. The number of pyridine rings is 2. The topological polar surface area (TPSA) is 66.9 Å². The Morgan fingerprint density at radius 2 is 1.88 bits per heavy atom. The van der Waals surface area contributed by atoms with Gasteiger partial charge in [0.2, 0.25) is 0 Å². The van der Waals surface area contributed by atoms with Crippen LogP contribution in [0.2, 0.25) is 0 Å². The van der Waals surface area contributed by atoms with Crippen LogP contribution in [0.15, 0.2) is 42.9 Å². The largest absolute Gasteiger partial charge is 0.324 e. The van der Waals surface area contributed by atoms with E-state index in [1.807, 2.05) is 13.0 Å². The second-order valence-corrected chi connectivity index (χ2v) is 3.53. The summed E-state index contributed by atoms with van der Waals surface area (Å²) >= 11 is 0. The van der Waals surface area contributed by atoms with Crippen molar-refractivity contribution in [1.29, 1.82) is 0 Å². The lowest BCUT2D eigenvalue weighted by molar-refractivity contribution is 0.262. The van der Waals surface area contributed by atoms with Crippen molar-refractivity contribution >= 4 is 17.5 Å². The smallest absolute Gasteiger partial charge is 0.308 e. The van der Waals surface area contributed by atoms with Crippen molar-refractivity contribution in [3.8, 4) is 0 Å². The van der Waals surface area contributed by atoms with Crippen LogP contribution in [0.5, 0.6) is 0 Å². The lowest BCUT2D eigenvalue weighted by Gasteiger charge is -2.06. The number of nitrogens with one attached hydrogen (secondary N) is 2. The van der Waals surface area contributed by atoms with E-state index in [0.29, 0.717) is 11.5 Å². The van der Waals surface area contributed by atoms with E-state index in [4.69, 9.17) is 0 Å². The Balaban J connectivity index is 1.98. The van der Waals surface area contributed by atoms with Crippen molar-refractivity contribution in [3.63, 3.8) is 0 Å². The second-order valence-electron chi connectivity index (χ2n) is 3.53. The molecule has 2 rings (SSSR count). The summed E-state index contributed by atoms with van der Waals surface area (Å²) in [5.41, 5.74) is 1.73. The molecule has 5 nitrogen and oxygen atoms in total. The summed E-state index contributed by atoms with van der Waals surface area (Å²) in [5, 5.41) is 5.33. The molecule has 0 fully saturated rings. The fourth-order valence-electron chi connectivity index (χ4n) is 1.32. The summed E-state index contributed by atoms with van der Waals surface area (Å²) in [4.78, 5) is 19.5. The lowest BCUT2D eigenvalue weighted by Crippen LogP contribution is -2.20. The Morgan fingerprint density at radius 3 is 2.59 bits per heavy atom. The minimum atomic E-state index is -0.325. The normalized spacial score (nSPS) is 9.71. The molecule has 17 heavy (non-hydrogen) atoms. The van der Waals surface area contributed by atoms with Gasteiger partial charge in [0.25, 0.3) is 0 Å². The fraction of sp³-hybridized carbons (Fsp3) is 0.0833. The highest BCUT2D eigenvalue weighted by atomic mass is 16.2. The summed E-state index contributed by atoms with van der Waals surface area (Å²) in [6, 6.07) is 6.76. The van der Waals surface area contributed by atoms with E-state index in [9.17, 15) is 4.79 Å². The maximum atomic E-state index is 11.6. The maximum Gasteiger partial charge on any atom is 0.324 e. The van der Waals surface area contributed by atoms with Gasteiger partial charge in [-0.2, -0.15) is 0 Å². The Morgan fingerprint density at radius 1 is 1.12 bits per heavy atom. The van der Waals surface area contributed by atoms with Gasteiger partial charge in [0.05, 0.1) is 0 Å². The zero-order chi connectivity index (χ0) is 12.1. The van der Waals surface area contributed by atoms with Gasteiger partial charge in [-0.15, -0.1) is 0 Å². The van der Waals surface area contributed by atoms with Crippen LogP contribution in [0.3, 0.4) is 0 Å². The molecule has 0 saturated heterocycles. The monoisotopic (exact) mass is 228 g/mol. The first-order chi connectivity index (χ1) is 8.24. The molecule has 5 heteroatoms. The molecular weight excluding hydrogens is 216 g/mol. The van der Waals surface area contributed by atoms with Crippen LogP contribution in [0.25, 0.3) is 0 Å². The first kappa shape index (κ1) is 11.1. The van der Waals surface area contributed by atoms with E-state index in [0.717, 1.165) is 5.56 Å². The number of aromatic nitrogens is 2. The van der Waals surface area contributed by atoms with Crippen molar-refractivity contribution in [2.75, 3.05) is 10.6 Å². The van der Waals surface area contributed by atoms with E-state index in [2.05, 4.69) is 20.6 Å². The third-order valence-electron chi connectivity index (χ3n) is 2.10. The van der Waals surface area contributed by atoms with Crippen molar-refractivity contribution in [1.82, 2.24) is 9.97 Å². The molecule has 0 unspecified atom stereocenters. The number of urea groups is 1. The summed E-state index contributed by atoms with van der Waals surface area (Å²) in [6.07, 6.45) is 4.87. The molecule has 0 saturated carbocycles. The zero-order valence-electron chi connectivity index (χ0n) is 9.34. The van der Waals surface area contributed by atoms with Gasteiger partial charge in [0, 0.05) is 24.3 Å². The summed E-state index contributed by atoms with van der Waals surface area (Å²) in [6.45, 7) is 1.94. The van der Waals surface area contributed by atoms with Gasteiger partial charge in [-0.25, -0.2) is 9.78 Å². The van der Waals surface area contributed by atoms with Crippen molar-refractivity contribution < 1.29 is 4.79 Å². The fourth-order valence-corrected chi connectivity index (χ4v) is 1.32.